The molecule has 3 aliphatic heterocycles. The van der Waals surface area contributed by atoms with Gasteiger partial charge in [0, 0.05) is 56.7 Å². The van der Waals surface area contributed by atoms with Gasteiger partial charge in [-0.2, -0.15) is 0 Å². The molecule has 0 aromatic carbocycles. The predicted molar refractivity (Wildman–Crippen MR) is 228 cm³/mol. The van der Waals surface area contributed by atoms with Crippen LogP contribution in [0.3, 0.4) is 0 Å². The molecule has 0 spiro atoms. The number of aliphatic hydroxyl groups is 4. The molecule has 15 nitrogen and oxygen atoms in total. The molecule has 348 valence electrons. The van der Waals surface area contributed by atoms with Crippen molar-refractivity contribution in [2.75, 3.05) is 21.3 Å². The van der Waals surface area contributed by atoms with Gasteiger partial charge in [0.15, 0.2) is 18.2 Å². The number of rotatable bonds is 11. The van der Waals surface area contributed by atoms with Gasteiger partial charge in [0.1, 0.15) is 12.2 Å². The van der Waals surface area contributed by atoms with E-state index < -0.39 is 103 Å². The highest BCUT2D eigenvalue weighted by Gasteiger charge is 2.54. The maximum atomic E-state index is 14.0. The van der Waals surface area contributed by atoms with Gasteiger partial charge in [0.2, 0.25) is 5.76 Å². The minimum absolute atomic E-state index is 0.0118. The standard InChI is InChI=1S/C46H75NO14/c1-14-16-34-28(6)37(58-38-22-33(48)43(32(10)57-38)60-45(47)53)23-46(56-13,61-34)31(9)41(51)30(8)42-35(54-11)18-15-17-24(2)19-26(4)39(49)29(7)40(50)27(5)20-25(3)21-36(55-12)44(52)59-42/h14-18,20-21,26-35,37-43,48-51H,19,22-23H2,1-13H3,(H2,47,53)/b16-14+,18-15+,24-17+,25-20+,36-21-/t26-,27-,28-,29+,30+,31+,32?,33?,34-,35+,37?,38?,39+,40-,41-,42-,43?,46-/m1/s1. The number of nitrogens with two attached hydrogens (primary N) is 1. The quantitative estimate of drug-likeness (QED) is 0.133. The number of ether oxygens (including phenoxy) is 8. The maximum absolute atomic E-state index is 14.0. The van der Waals surface area contributed by atoms with Gasteiger partial charge in [0.05, 0.1) is 49.8 Å². The van der Waals surface area contributed by atoms with E-state index in [1.54, 1.807) is 39.8 Å². The fourth-order valence-electron chi connectivity index (χ4n) is 8.94. The van der Waals surface area contributed by atoms with Crippen LogP contribution in [0, 0.1) is 35.5 Å². The molecule has 3 aliphatic rings. The third-order valence-electron chi connectivity index (χ3n) is 12.8. The lowest BCUT2D eigenvalue weighted by Crippen LogP contribution is -2.60. The van der Waals surface area contributed by atoms with E-state index in [0.717, 1.165) is 5.57 Å². The summed E-state index contributed by atoms with van der Waals surface area (Å²) >= 11 is 0. The number of hydrogen-bond acceptors (Lipinski definition) is 14. The van der Waals surface area contributed by atoms with Gasteiger partial charge in [-0.1, -0.05) is 89.1 Å². The molecule has 3 rings (SSSR count). The fourth-order valence-corrected chi connectivity index (χ4v) is 8.94. The Bertz CT molecular complexity index is 1570. The van der Waals surface area contributed by atoms with E-state index in [2.05, 4.69) is 0 Å². The highest BCUT2D eigenvalue weighted by Crippen LogP contribution is 2.44. The van der Waals surface area contributed by atoms with Crippen molar-refractivity contribution in [1.29, 1.82) is 0 Å². The van der Waals surface area contributed by atoms with Crippen molar-refractivity contribution in [2.45, 2.75) is 162 Å². The number of primary amides is 1. The van der Waals surface area contributed by atoms with Crippen molar-refractivity contribution in [2.24, 2.45) is 41.2 Å². The van der Waals surface area contributed by atoms with E-state index in [1.807, 2.05) is 65.8 Å². The lowest BCUT2D eigenvalue weighted by Gasteiger charge is -2.51. The van der Waals surface area contributed by atoms with Crippen molar-refractivity contribution in [3.8, 4) is 0 Å². The van der Waals surface area contributed by atoms with Crippen LogP contribution in [0.1, 0.15) is 88.5 Å². The summed E-state index contributed by atoms with van der Waals surface area (Å²) in [6.07, 6.45) is 2.81. The number of allylic oxidation sites excluding steroid dienone is 6. The molecule has 0 aromatic rings. The number of hydrogen-bond donors (Lipinski definition) is 5. The molecule has 2 saturated heterocycles. The first-order chi connectivity index (χ1) is 28.6. The molecule has 5 unspecified atom stereocenters. The van der Waals surface area contributed by atoms with Crippen LogP contribution in [0.25, 0.3) is 0 Å². The zero-order valence-electron chi connectivity index (χ0n) is 38.4. The first-order valence-corrected chi connectivity index (χ1v) is 21.5. The Hall–Kier alpha value is -3.12. The van der Waals surface area contributed by atoms with E-state index in [9.17, 15) is 30.0 Å². The third-order valence-corrected chi connectivity index (χ3v) is 12.8. The summed E-state index contributed by atoms with van der Waals surface area (Å²) in [5, 5.41) is 45.6. The Balaban J connectivity index is 2.03. The Morgan fingerprint density at radius 2 is 1.70 bits per heavy atom. The number of carbonyl (C=O) groups excluding carboxylic acids is 2. The van der Waals surface area contributed by atoms with E-state index in [4.69, 9.17) is 43.6 Å². The fraction of sp³-hybridized carbons (Fsp3) is 0.739. The predicted octanol–water partition coefficient (Wildman–Crippen LogP) is 5.25. The van der Waals surface area contributed by atoms with Crippen LogP contribution in [0.5, 0.6) is 0 Å². The molecule has 0 aliphatic carbocycles. The van der Waals surface area contributed by atoms with Gasteiger partial charge in [-0.05, 0) is 46.1 Å². The van der Waals surface area contributed by atoms with E-state index in [0.29, 0.717) is 12.0 Å². The molecular weight excluding hydrogens is 790 g/mol. The van der Waals surface area contributed by atoms with Crippen LogP contribution in [0.4, 0.5) is 4.79 Å². The third kappa shape index (κ3) is 13.4. The van der Waals surface area contributed by atoms with Crippen molar-refractivity contribution in [1.82, 2.24) is 0 Å². The van der Waals surface area contributed by atoms with E-state index in [1.165, 1.54) is 27.4 Å². The Morgan fingerprint density at radius 1 is 1.03 bits per heavy atom. The topological polar surface area (TPSA) is 215 Å². The summed E-state index contributed by atoms with van der Waals surface area (Å²) in [7, 11) is 4.35. The summed E-state index contributed by atoms with van der Waals surface area (Å²) in [5.41, 5.74) is 6.83. The summed E-state index contributed by atoms with van der Waals surface area (Å²) in [6, 6.07) is 0. The van der Waals surface area contributed by atoms with E-state index in [-0.39, 0.29) is 36.4 Å². The Labute approximate surface area is 362 Å². The lowest BCUT2D eigenvalue weighted by molar-refractivity contribution is -0.346. The van der Waals surface area contributed by atoms with Crippen molar-refractivity contribution in [3.05, 3.63) is 59.4 Å². The highest BCUT2D eigenvalue weighted by molar-refractivity contribution is 5.87. The van der Waals surface area contributed by atoms with Crippen molar-refractivity contribution < 1.29 is 67.9 Å². The molecule has 0 bridgehead atoms. The van der Waals surface area contributed by atoms with Crippen LogP contribution in [0.15, 0.2) is 59.4 Å². The minimum atomic E-state index is -1.43. The summed E-state index contributed by atoms with van der Waals surface area (Å²) in [6.45, 7) is 18.4. The molecular formula is C46H75NO14. The zero-order chi connectivity index (χ0) is 45.9. The maximum Gasteiger partial charge on any atom is 0.404 e. The number of amides is 1. The first-order valence-electron chi connectivity index (χ1n) is 21.5. The molecule has 0 radical (unpaired) electrons. The second-order valence-corrected chi connectivity index (χ2v) is 17.4. The number of esters is 1. The number of aliphatic hydroxyl groups excluding tert-OH is 4. The second-order valence-electron chi connectivity index (χ2n) is 17.4. The van der Waals surface area contributed by atoms with Crippen LogP contribution in [-0.2, 0) is 42.7 Å². The monoisotopic (exact) mass is 866 g/mol. The van der Waals surface area contributed by atoms with Crippen molar-refractivity contribution >= 4 is 12.1 Å². The average Bonchev–Trinajstić information content (AvgIpc) is 3.21. The number of cyclic esters (lactones) is 1. The van der Waals surface area contributed by atoms with Gasteiger partial charge >= 0.3 is 12.1 Å². The van der Waals surface area contributed by atoms with Gasteiger partial charge in [-0.25, -0.2) is 9.59 Å². The summed E-state index contributed by atoms with van der Waals surface area (Å²) < 4.78 is 48.3. The molecule has 0 aromatic heterocycles. The molecule has 6 N–H and O–H groups in total. The lowest BCUT2D eigenvalue weighted by atomic mass is 9.77. The molecule has 15 heteroatoms. The SMILES string of the molecule is C/C=C/[C@H]1O[C@@](OC)([C@@H](C)[C@H](O)[C@H](C)[C@H]2OC(=O)/C(OC)=C/C(C)=C/[C@@H](C)[C@@H](O)[C@@H](C)[C@@H](O)[C@H](C)C/C(C)=C/C=C/[C@@H]2OC)CC(OC2CC(O)C(OC(N)=O)C(C)O2)[C@@H]1C. The number of carbonyl (C=O) groups is 2. The van der Waals surface area contributed by atoms with Gasteiger partial charge in [-0.15, -0.1) is 0 Å². The Morgan fingerprint density at radius 3 is 2.28 bits per heavy atom. The smallest absolute Gasteiger partial charge is 0.404 e. The number of methoxy groups -OCH3 is 3. The van der Waals surface area contributed by atoms with Crippen LogP contribution in [0.2, 0.25) is 0 Å². The average molecular weight is 866 g/mol. The second kappa shape index (κ2) is 23.5. The summed E-state index contributed by atoms with van der Waals surface area (Å²) in [4.78, 5) is 25.4. The van der Waals surface area contributed by atoms with E-state index >= 15 is 0 Å². The largest absolute Gasteiger partial charge is 0.490 e. The highest BCUT2D eigenvalue weighted by atomic mass is 16.7. The van der Waals surface area contributed by atoms with Crippen LogP contribution < -0.4 is 5.73 Å². The molecule has 61 heavy (non-hydrogen) atoms. The van der Waals surface area contributed by atoms with Crippen LogP contribution in [-0.4, -0.2) is 127 Å². The van der Waals surface area contributed by atoms with Gasteiger partial charge in [0.25, 0.3) is 0 Å². The molecule has 18 atom stereocenters. The van der Waals surface area contributed by atoms with Crippen LogP contribution >= 0.6 is 0 Å². The van der Waals surface area contributed by atoms with Crippen molar-refractivity contribution in [3.63, 3.8) is 0 Å². The zero-order valence-corrected chi connectivity index (χ0v) is 38.4. The minimum Gasteiger partial charge on any atom is -0.490 e. The molecule has 2 fully saturated rings. The summed E-state index contributed by atoms with van der Waals surface area (Å²) in [5.74, 6) is -5.03. The molecule has 0 saturated carbocycles. The molecule has 3 heterocycles. The first kappa shape index (κ1) is 52.2. The van der Waals surface area contributed by atoms with Gasteiger partial charge in [-0.3, -0.25) is 0 Å². The van der Waals surface area contributed by atoms with Gasteiger partial charge < -0.3 is 64.1 Å². The molecule has 1 amide bonds. The normalized spacial score (nSPS) is 42.2. The Kier molecular flexibility index (Phi) is 20.1.